The van der Waals surface area contributed by atoms with Gasteiger partial charge in [0.1, 0.15) is 0 Å². The van der Waals surface area contributed by atoms with E-state index >= 15 is 0 Å². The highest BCUT2D eigenvalue weighted by Gasteiger charge is 2.29. The summed E-state index contributed by atoms with van der Waals surface area (Å²) in [4.78, 5) is 0. The molecule has 1 heterocycles. The fourth-order valence-corrected chi connectivity index (χ4v) is 3.07. The standard InChI is InChI=1S/C14H23BrF3N3/c1-4-11-13(15)12(21(6-3)20-11)9-10(19-5-2)7-8-14(16,17)18/h10,19H,4-9H2,1-3H3. The summed E-state index contributed by atoms with van der Waals surface area (Å²) in [7, 11) is 0. The van der Waals surface area contributed by atoms with Gasteiger partial charge >= 0.3 is 6.18 Å². The molecular formula is C14H23BrF3N3. The zero-order valence-electron chi connectivity index (χ0n) is 12.7. The van der Waals surface area contributed by atoms with Crippen LogP contribution in [0.3, 0.4) is 0 Å². The Hall–Kier alpha value is -0.560. The van der Waals surface area contributed by atoms with Gasteiger partial charge in [0.25, 0.3) is 0 Å². The summed E-state index contributed by atoms with van der Waals surface area (Å²) in [5.41, 5.74) is 1.93. The quantitative estimate of drug-likeness (QED) is 0.747. The van der Waals surface area contributed by atoms with Crippen molar-refractivity contribution < 1.29 is 13.2 Å². The minimum Gasteiger partial charge on any atom is -0.314 e. The molecule has 1 unspecified atom stereocenters. The molecule has 21 heavy (non-hydrogen) atoms. The number of aromatic nitrogens is 2. The Balaban J connectivity index is 2.85. The molecule has 7 heteroatoms. The topological polar surface area (TPSA) is 29.9 Å². The SMILES string of the molecule is CCNC(CCC(F)(F)F)Cc1c(Br)c(CC)nn1CC. The lowest BCUT2D eigenvalue weighted by molar-refractivity contribution is -0.136. The normalized spacial score (nSPS) is 13.7. The maximum absolute atomic E-state index is 12.4. The number of nitrogens with zero attached hydrogens (tertiary/aromatic N) is 2. The predicted octanol–water partition coefficient (Wildman–Crippen LogP) is 4.09. The number of nitrogens with one attached hydrogen (secondary N) is 1. The summed E-state index contributed by atoms with van der Waals surface area (Å²) in [5, 5.41) is 7.64. The van der Waals surface area contributed by atoms with Crippen molar-refractivity contribution in [2.24, 2.45) is 0 Å². The van der Waals surface area contributed by atoms with E-state index in [9.17, 15) is 13.2 Å². The minimum absolute atomic E-state index is 0.0835. The predicted molar refractivity (Wildman–Crippen MR) is 81.4 cm³/mol. The van der Waals surface area contributed by atoms with Crippen molar-refractivity contribution in [3.63, 3.8) is 0 Å². The second kappa shape index (κ2) is 8.17. The maximum atomic E-state index is 12.4. The molecule has 0 amide bonds. The first kappa shape index (κ1) is 18.5. The maximum Gasteiger partial charge on any atom is 0.389 e. The number of likely N-dealkylation sites (N-methyl/N-ethyl adjacent to an activating group) is 1. The second-order valence-electron chi connectivity index (χ2n) is 4.99. The molecule has 0 spiro atoms. The molecule has 1 atom stereocenters. The monoisotopic (exact) mass is 369 g/mol. The third-order valence-corrected chi connectivity index (χ3v) is 4.32. The summed E-state index contributed by atoms with van der Waals surface area (Å²) in [5.74, 6) is 0. The zero-order valence-corrected chi connectivity index (χ0v) is 14.3. The van der Waals surface area contributed by atoms with Gasteiger partial charge in [-0.15, -0.1) is 0 Å². The van der Waals surface area contributed by atoms with Crippen molar-refractivity contribution in [1.82, 2.24) is 15.1 Å². The second-order valence-corrected chi connectivity index (χ2v) is 5.78. The van der Waals surface area contributed by atoms with Crippen molar-refractivity contribution in [3.05, 3.63) is 15.9 Å². The highest BCUT2D eigenvalue weighted by atomic mass is 79.9. The van der Waals surface area contributed by atoms with Gasteiger partial charge in [0, 0.05) is 25.4 Å². The van der Waals surface area contributed by atoms with Gasteiger partial charge in [-0.25, -0.2) is 0 Å². The van der Waals surface area contributed by atoms with Gasteiger partial charge in [0.05, 0.1) is 15.9 Å². The van der Waals surface area contributed by atoms with Crippen LogP contribution in [0.5, 0.6) is 0 Å². The van der Waals surface area contributed by atoms with E-state index in [1.54, 1.807) is 0 Å². The van der Waals surface area contributed by atoms with E-state index < -0.39 is 12.6 Å². The highest BCUT2D eigenvalue weighted by molar-refractivity contribution is 9.10. The summed E-state index contributed by atoms with van der Waals surface area (Å²) >= 11 is 3.54. The fourth-order valence-electron chi connectivity index (χ4n) is 2.35. The summed E-state index contributed by atoms with van der Waals surface area (Å²) in [6, 6.07) is -0.195. The van der Waals surface area contributed by atoms with Crippen LogP contribution in [-0.4, -0.2) is 28.5 Å². The first-order valence-electron chi connectivity index (χ1n) is 7.36. The van der Waals surface area contributed by atoms with Crippen LogP contribution in [-0.2, 0) is 19.4 Å². The van der Waals surface area contributed by atoms with Crippen LogP contribution in [0.4, 0.5) is 13.2 Å². The van der Waals surface area contributed by atoms with Crippen LogP contribution in [0.1, 0.15) is 45.0 Å². The molecule has 1 aromatic heterocycles. The van der Waals surface area contributed by atoms with Crippen molar-refractivity contribution in [1.29, 1.82) is 0 Å². The molecule has 0 bridgehead atoms. The Kier molecular flexibility index (Phi) is 7.20. The Morgan fingerprint density at radius 1 is 1.29 bits per heavy atom. The van der Waals surface area contributed by atoms with Gasteiger partial charge in [0.15, 0.2) is 0 Å². The average Bonchev–Trinajstić information content (AvgIpc) is 2.72. The minimum atomic E-state index is -4.11. The van der Waals surface area contributed by atoms with Crippen molar-refractivity contribution in [2.75, 3.05) is 6.54 Å². The fraction of sp³-hybridized carbons (Fsp3) is 0.786. The lowest BCUT2D eigenvalue weighted by Gasteiger charge is -2.19. The van der Waals surface area contributed by atoms with Crippen LogP contribution < -0.4 is 5.32 Å². The van der Waals surface area contributed by atoms with E-state index in [1.165, 1.54) is 0 Å². The molecule has 0 saturated carbocycles. The molecule has 1 rings (SSSR count). The van der Waals surface area contributed by atoms with Gasteiger partial charge in [-0.2, -0.15) is 18.3 Å². The van der Waals surface area contributed by atoms with Gasteiger partial charge < -0.3 is 5.32 Å². The van der Waals surface area contributed by atoms with Gasteiger partial charge in [-0.05, 0) is 42.2 Å². The highest BCUT2D eigenvalue weighted by Crippen LogP contribution is 2.26. The number of aryl methyl sites for hydroxylation is 2. The molecule has 1 aromatic rings. The van der Waals surface area contributed by atoms with Crippen molar-refractivity contribution >= 4 is 15.9 Å². The number of halogens is 4. The number of rotatable bonds is 8. The van der Waals surface area contributed by atoms with E-state index in [0.29, 0.717) is 19.5 Å². The van der Waals surface area contributed by atoms with Crippen LogP contribution in [0, 0.1) is 0 Å². The summed E-state index contributed by atoms with van der Waals surface area (Å²) < 4.78 is 40.1. The Morgan fingerprint density at radius 2 is 1.95 bits per heavy atom. The number of hydrogen-bond acceptors (Lipinski definition) is 2. The molecule has 0 saturated heterocycles. The number of alkyl halides is 3. The molecule has 0 aromatic carbocycles. The van der Waals surface area contributed by atoms with Crippen LogP contribution in [0.2, 0.25) is 0 Å². The number of hydrogen-bond donors (Lipinski definition) is 1. The third kappa shape index (κ3) is 5.62. The molecule has 0 fully saturated rings. The molecule has 122 valence electrons. The van der Waals surface area contributed by atoms with Crippen LogP contribution in [0.15, 0.2) is 4.47 Å². The Morgan fingerprint density at radius 3 is 2.43 bits per heavy atom. The van der Waals surface area contributed by atoms with E-state index in [2.05, 4.69) is 26.3 Å². The average molecular weight is 370 g/mol. The lowest BCUT2D eigenvalue weighted by atomic mass is 10.0. The Labute approximate surface area is 132 Å². The molecule has 0 aliphatic heterocycles. The third-order valence-electron chi connectivity index (χ3n) is 3.40. The molecule has 0 radical (unpaired) electrons. The molecule has 3 nitrogen and oxygen atoms in total. The molecular weight excluding hydrogens is 347 g/mol. The zero-order chi connectivity index (χ0) is 16.0. The first-order valence-corrected chi connectivity index (χ1v) is 8.15. The van der Waals surface area contributed by atoms with Crippen LogP contribution >= 0.6 is 15.9 Å². The molecule has 0 aliphatic carbocycles. The van der Waals surface area contributed by atoms with Crippen molar-refractivity contribution in [2.45, 2.75) is 65.2 Å². The van der Waals surface area contributed by atoms with Gasteiger partial charge in [-0.3, -0.25) is 4.68 Å². The van der Waals surface area contributed by atoms with Gasteiger partial charge in [0.2, 0.25) is 0 Å². The molecule has 0 aliphatic rings. The van der Waals surface area contributed by atoms with E-state index in [4.69, 9.17) is 0 Å². The van der Waals surface area contributed by atoms with Crippen molar-refractivity contribution in [3.8, 4) is 0 Å². The Bertz CT molecular complexity index is 443. The summed E-state index contributed by atoms with van der Waals surface area (Å²) in [6.45, 7) is 7.28. The van der Waals surface area contributed by atoms with E-state index in [1.807, 2.05) is 25.5 Å². The van der Waals surface area contributed by atoms with Gasteiger partial charge in [-0.1, -0.05) is 13.8 Å². The summed E-state index contributed by atoms with van der Waals surface area (Å²) in [6.07, 6.45) is -3.44. The lowest BCUT2D eigenvalue weighted by Crippen LogP contribution is -2.33. The molecule has 1 N–H and O–H groups in total. The van der Waals surface area contributed by atoms with E-state index in [0.717, 1.165) is 22.3 Å². The van der Waals surface area contributed by atoms with E-state index in [-0.39, 0.29) is 12.5 Å². The smallest absolute Gasteiger partial charge is 0.314 e. The largest absolute Gasteiger partial charge is 0.389 e. The first-order chi connectivity index (χ1) is 9.82. The van der Waals surface area contributed by atoms with Crippen LogP contribution in [0.25, 0.3) is 0 Å².